The van der Waals surface area contributed by atoms with Gasteiger partial charge in [-0.1, -0.05) is 41.1 Å². The van der Waals surface area contributed by atoms with Gasteiger partial charge in [-0.2, -0.15) is 0 Å². The first kappa shape index (κ1) is 20.5. The van der Waals surface area contributed by atoms with Crippen molar-refractivity contribution in [3.8, 4) is 0 Å². The minimum Gasteiger partial charge on any atom is -0.451 e. The van der Waals surface area contributed by atoms with Crippen molar-refractivity contribution in [3.05, 3.63) is 59.3 Å². The Balaban J connectivity index is 1.42. The maximum absolute atomic E-state index is 13.5. The minimum absolute atomic E-state index is 0.177. The molecule has 6 nitrogen and oxygen atoms in total. The van der Waals surface area contributed by atoms with Crippen molar-refractivity contribution in [3.63, 3.8) is 0 Å². The number of morpholine rings is 1. The summed E-state index contributed by atoms with van der Waals surface area (Å²) in [4.78, 5) is 22.3. The van der Waals surface area contributed by atoms with Crippen molar-refractivity contribution in [2.45, 2.75) is 6.42 Å². The Kier molecular flexibility index (Phi) is 5.91. The molecule has 31 heavy (non-hydrogen) atoms. The van der Waals surface area contributed by atoms with Gasteiger partial charge in [0.1, 0.15) is 5.58 Å². The Bertz CT molecular complexity index is 1180. The van der Waals surface area contributed by atoms with Crippen molar-refractivity contribution in [2.75, 3.05) is 44.3 Å². The largest absolute Gasteiger partial charge is 0.451 e. The first-order chi connectivity index (χ1) is 15.2. The molecule has 1 aliphatic heterocycles. The molecule has 0 N–H and O–H groups in total. The smallest absolute Gasteiger partial charge is 0.295 e. The third-order valence-corrected chi connectivity index (χ3v) is 6.69. The Morgan fingerprint density at radius 2 is 2.00 bits per heavy atom. The number of fused-ring (bicyclic) bond motifs is 2. The number of carbonyl (C=O) groups excluding carboxylic acids is 1. The number of hydrogen-bond donors (Lipinski definition) is 0. The molecule has 0 unspecified atom stereocenters. The lowest BCUT2D eigenvalue weighted by Gasteiger charge is -2.27. The van der Waals surface area contributed by atoms with Crippen LogP contribution >= 0.6 is 22.9 Å². The van der Waals surface area contributed by atoms with Crippen LogP contribution in [0.15, 0.2) is 52.9 Å². The molecule has 2 aromatic carbocycles. The number of benzene rings is 2. The highest BCUT2D eigenvalue weighted by Gasteiger charge is 2.24. The van der Waals surface area contributed by atoms with Gasteiger partial charge in [0.15, 0.2) is 10.9 Å². The number of furan rings is 1. The number of ether oxygens (including phenoxy) is 1. The van der Waals surface area contributed by atoms with E-state index in [4.69, 9.17) is 25.7 Å². The first-order valence-electron chi connectivity index (χ1n) is 10.3. The maximum atomic E-state index is 13.5. The van der Waals surface area contributed by atoms with Crippen molar-refractivity contribution in [2.24, 2.45) is 0 Å². The molecule has 0 bridgehead atoms. The van der Waals surface area contributed by atoms with E-state index in [9.17, 15) is 4.79 Å². The van der Waals surface area contributed by atoms with E-state index in [0.717, 1.165) is 54.9 Å². The number of amides is 1. The van der Waals surface area contributed by atoms with Gasteiger partial charge in [0.25, 0.3) is 5.91 Å². The highest BCUT2D eigenvalue weighted by molar-refractivity contribution is 7.22. The number of carbonyl (C=O) groups is 1. The average molecular weight is 456 g/mol. The number of aromatic nitrogens is 1. The lowest BCUT2D eigenvalue weighted by atomic mass is 10.2. The molecule has 1 amide bonds. The topological polar surface area (TPSA) is 58.8 Å². The van der Waals surface area contributed by atoms with Crippen LogP contribution in [0.4, 0.5) is 5.13 Å². The molecule has 0 aliphatic carbocycles. The highest BCUT2D eigenvalue weighted by Crippen LogP contribution is 2.32. The predicted molar refractivity (Wildman–Crippen MR) is 124 cm³/mol. The summed E-state index contributed by atoms with van der Waals surface area (Å²) in [5.41, 5.74) is 1.54. The number of rotatable bonds is 6. The molecule has 5 rings (SSSR count). The summed E-state index contributed by atoms with van der Waals surface area (Å²) in [6.07, 6.45) is 0.836. The van der Waals surface area contributed by atoms with E-state index < -0.39 is 0 Å². The summed E-state index contributed by atoms with van der Waals surface area (Å²) >= 11 is 7.62. The molecule has 2 aromatic heterocycles. The monoisotopic (exact) mass is 455 g/mol. The van der Waals surface area contributed by atoms with E-state index >= 15 is 0 Å². The minimum atomic E-state index is -0.177. The normalized spacial score (nSPS) is 15.0. The summed E-state index contributed by atoms with van der Waals surface area (Å²) in [6.45, 7) is 4.85. The second-order valence-electron chi connectivity index (χ2n) is 7.52. The van der Waals surface area contributed by atoms with E-state index in [-0.39, 0.29) is 5.91 Å². The number of nitrogens with zero attached hydrogens (tertiary/aromatic N) is 3. The van der Waals surface area contributed by atoms with E-state index in [1.54, 1.807) is 11.0 Å². The number of para-hydroxylation sites is 1. The molecule has 3 heterocycles. The lowest BCUT2D eigenvalue weighted by Crippen LogP contribution is -2.39. The summed E-state index contributed by atoms with van der Waals surface area (Å²) in [5.74, 6) is 0.146. The van der Waals surface area contributed by atoms with Crippen LogP contribution < -0.4 is 4.90 Å². The number of halogens is 1. The predicted octanol–water partition coefficient (Wildman–Crippen LogP) is 5.07. The molecule has 0 spiro atoms. The molecular formula is C23H22ClN3O3S. The second-order valence-corrected chi connectivity index (χ2v) is 8.97. The molecule has 4 aromatic rings. The van der Waals surface area contributed by atoms with Gasteiger partial charge < -0.3 is 9.15 Å². The molecule has 8 heteroatoms. The summed E-state index contributed by atoms with van der Waals surface area (Å²) in [7, 11) is 0. The highest BCUT2D eigenvalue weighted by atomic mass is 35.5. The molecule has 0 saturated carbocycles. The number of anilines is 1. The zero-order valence-corrected chi connectivity index (χ0v) is 18.5. The van der Waals surface area contributed by atoms with Gasteiger partial charge in [0.2, 0.25) is 0 Å². The van der Waals surface area contributed by atoms with Crippen molar-refractivity contribution >= 4 is 55.2 Å². The molecule has 1 aliphatic rings. The molecular weight excluding hydrogens is 434 g/mol. The van der Waals surface area contributed by atoms with E-state index in [1.807, 2.05) is 42.5 Å². The quantitative estimate of drug-likeness (QED) is 0.406. The zero-order chi connectivity index (χ0) is 21.2. The van der Waals surface area contributed by atoms with Crippen molar-refractivity contribution in [1.29, 1.82) is 0 Å². The van der Waals surface area contributed by atoms with Gasteiger partial charge in [-0.3, -0.25) is 14.6 Å². The maximum Gasteiger partial charge on any atom is 0.295 e. The third-order valence-electron chi connectivity index (χ3n) is 5.41. The van der Waals surface area contributed by atoms with Crippen molar-refractivity contribution in [1.82, 2.24) is 9.88 Å². The van der Waals surface area contributed by atoms with Crippen LogP contribution in [0.3, 0.4) is 0 Å². The van der Waals surface area contributed by atoms with E-state index in [1.165, 1.54) is 11.3 Å². The van der Waals surface area contributed by atoms with Gasteiger partial charge in [0.05, 0.1) is 23.4 Å². The third kappa shape index (κ3) is 4.45. The van der Waals surface area contributed by atoms with Crippen LogP contribution in [0.2, 0.25) is 5.02 Å². The van der Waals surface area contributed by atoms with Crippen LogP contribution in [-0.2, 0) is 4.74 Å². The van der Waals surface area contributed by atoms with E-state index in [2.05, 4.69) is 4.90 Å². The van der Waals surface area contributed by atoms with Crippen LogP contribution in [0.5, 0.6) is 0 Å². The van der Waals surface area contributed by atoms with Crippen LogP contribution in [-0.4, -0.2) is 55.2 Å². The van der Waals surface area contributed by atoms with Gasteiger partial charge in [-0.15, -0.1) is 0 Å². The standard InChI is InChI=1S/C23H22ClN3O3S/c24-17-6-7-18-21(15-17)31-23(25-18)27(9-3-8-26-10-12-29-13-11-26)22(28)20-14-16-4-1-2-5-19(16)30-20/h1-2,4-7,14-15H,3,8-13H2. The average Bonchev–Trinajstić information content (AvgIpc) is 3.40. The number of hydrogen-bond acceptors (Lipinski definition) is 6. The second kappa shape index (κ2) is 8.96. The van der Waals surface area contributed by atoms with E-state index in [0.29, 0.717) is 28.0 Å². The first-order valence-corrected chi connectivity index (χ1v) is 11.5. The van der Waals surface area contributed by atoms with Crippen molar-refractivity contribution < 1.29 is 13.9 Å². The fourth-order valence-corrected chi connectivity index (χ4v) is 5.05. The summed E-state index contributed by atoms with van der Waals surface area (Å²) in [6, 6.07) is 15.0. The lowest BCUT2D eigenvalue weighted by molar-refractivity contribution is 0.0376. The van der Waals surface area contributed by atoms with Gasteiger partial charge in [-0.25, -0.2) is 4.98 Å². The summed E-state index contributed by atoms with van der Waals surface area (Å²) < 4.78 is 12.2. The number of thiazole rings is 1. The van der Waals surface area contributed by atoms with Gasteiger partial charge >= 0.3 is 0 Å². The fraction of sp³-hybridized carbons (Fsp3) is 0.304. The van der Waals surface area contributed by atoms with Crippen LogP contribution in [0.1, 0.15) is 17.0 Å². The molecule has 0 atom stereocenters. The molecule has 1 fully saturated rings. The SMILES string of the molecule is O=C(c1cc2ccccc2o1)N(CCCN1CCOCC1)c1nc2ccc(Cl)cc2s1. The Labute approximate surface area is 189 Å². The molecule has 1 saturated heterocycles. The Hall–Kier alpha value is -2.45. The van der Waals surface area contributed by atoms with Crippen LogP contribution in [0, 0.1) is 0 Å². The Morgan fingerprint density at radius 1 is 1.16 bits per heavy atom. The van der Waals surface area contributed by atoms with Crippen LogP contribution in [0.25, 0.3) is 21.2 Å². The molecule has 0 radical (unpaired) electrons. The van der Waals surface area contributed by atoms with Gasteiger partial charge in [-0.05, 0) is 36.8 Å². The fourth-order valence-electron chi connectivity index (χ4n) is 3.78. The zero-order valence-electron chi connectivity index (χ0n) is 16.9. The summed E-state index contributed by atoms with van der Waals surface area (Å²) in [5, 5.41) is 2.23. The molecule has 160 valence electrons. The van der Waals surface area contributed by atoms with Gasteiger partial charge in [0, 0.05) is 36.6 Å². The Morgan fingerprint density at radius 3 is 2.84 bits per heavy atom.